The van der Waals surface area contributed by atoms with Crippen LogP contribution in [0, 0.1) is 0 Å². The van der Waals surface area contributed by atoms with Gasteiger partial charge in [0.2, 0.25) is 0 Å². The summed E-state index contributed by atoms with van der Waals surface area (Å²) in [6.45, 7) is 6.63. The molecule has 3 heteroatoms. The molecule has 19 heavy (non-hydrogen) atoms. The molecule has 2 atom stereocenters. The number of nitrogens with zero attached hydrogens (tertiary/aromatic N) is 2. The Bertz CT molecular complexity index is 427. The zero-order valence-corrected chi connectivity index (χ0v) is 11.8. The predicted octanol–water partition coefficient (Wildman–Crippen LogP) is 2.41. The van der Waals surface area contributed by atoms with Crippen LogP contribution < -0.4 is 4.90 Å². The third-order valence-electron chi connectivity index (χ3n) is 4.55. The van der Waals surface area contributed by atoms with Crippen molar-refractivity contribution in [3.63, 3.8) is 0 Å². The second kappa shape index (κ2) is 5.51. The molecule has 1 N–H and O–H groups in total. The lowest BCUT2D eigenvalue weighted by molar-refractivity contribution is 0.199. The Kier molecular flexibility index (Phi) is 3.76. The number of aliphatic hydroxyl groups excluding tert-OH is 1. The Morgan fingerprint density at radius 2 is 1.89 bits per heavy atom. The minimum absolute atomic E-state index is 0.387. The molecule has 3 rings (SSSR count). The van der Waals surface area contributed by atoms with Gasteiger partial charge in [0.05, 0.1) is 6.10 Å². The van der Waals surface area contributed by atoms with Crippen molar-refractivity contribution in [3.8, 4) is 0 Å². The number of aliphatic hydroxyl groups is 1. The van der Waals surface area contributed by atoms with Crippen LogP contribution in [0.1, 0.15) is 37.9 Å². The van der Waals surface area contributed by atoms with Crippen molar-refractivity contribution in [1.82, 2.24) is 4.90 Å². The predicted molar refractivity (Wildman–Crippen MR) is 78.5 cm³/mol. The summed E-state index contributed by atoms with van der Waals surface area (Å²) in [5, 5.41) is 9.91. The van der Waals surface area contributed by atoms with E-state index in [2.05, 4.69) is 21.9 Å². The van der Waals surface area contributed by atoms with Gasteiger partial charge in [0.1, 0.15) is 0 Å². The topological polar surface area (TPSA) is 26.7 Å². The first-order chi connectivity index (χ1) is 9.25. The quantitative estimate of drug-likeness (QED) is 0.904. The van der Waals surface area contributed by atoms with E-state index in [0.717, 1.165) is 18.7 Å². The number of para-hydroxylation sites is 1. The van der Waals surface area contributed by atoms with Gasteiger partial charge in [-0.15, -0.1) is 0 Å². The molecule has 0 aromatic heterocycles. The zero-order valence-electron chi connectivity index (χ0n) is 11.8. The van der Waals surface area contributed by atoms with Crippen LogP contribution in [0.15, 0.2) is 24.3 Å². The summed E-state index contributed by atoms with van der Waals surface area (Å²) in [5.74, 6) is 0. The highest BCUT2D eigenvalue weighted by atomic mass is 16.3. The van der Waals surface area contributed by atoms with E-state index in [-0.39, 0.29) is 6.10 Å². The number of likely N-dealkylation sites (tertiary alicyclic amines) is 1. The van der Waals surface area contributed by atoms with E-state index >= 15 is 0 Å². The van der Waals surface area contributed by atoms with Gasteiger partial charge in [-0.2, -0.15) is 0 Å². The van der Waals surface area contributed by atoms with Crippen molar-refractivity contribution >= 4 is 5.69 Å². The SMILES string of the molecule is C[C@H](O)c1ccccc1N1CCC(N2CCCC2)C1. The Hall–Kier alpha value is -1.06. The van der Waals surface area contributed by atoms with Crippen molar-refractivity contribution in [2.45, 2.75) is 38.3 Å². The molecular formula is C16H24N2O. The van der Waals surface area contributed by atoms with E-state index in [1.165, 1.54) is 38.0 Å². The molecule has 0 spiro atoms. The van der Waals surface area contributed by atoms with Crippen LogP contribution in [-0.4, -0.2) is 42.2 Å². The average Bonchev–Trinajstić information content (AvgIpc) is 3.09. The third-order valence-corrected chi connectivity index (χ3v) is 4.55. The highest BCUT2D eigenvalue weighted by Gasteiger charge is 2.30. The van der Waals surface area contributed by atoms with Crippen LogP contribution in [0.2, 0.25) is 0 Å². The van der Waals surface area contributed by atoms with Gasteiger partial charge in [0, 0.05) is 30.4 Å². The third kappa shape index (κ3) is 2.63. The van der Waals surface area contributed by atoms with E-state index < -0.39 is 0 Å². The van der Waals surface area contributed by atoms with Crippen molar-refractivity contribution in [3.05, 3.63) is 29.8 Å². The molecular weight excluding hydrogens is 236 g/mol. The van der Waals surface area contributed by atoms with E-state index in [4.69, 9.17) is 0 Å². The van der Waals surface area contributed by atoms with Crippen molar-refractivity contribution in [2.75, 3.05) is 31.1 Å². The number of hydrogen-bond acceptors (Lipinski definition) is 3. The summed E-state index contributed by atoms with van der Waals surface area (Å²) in [5.41, 5.74) is 2.28. The summed E-state index contributed by atoms with van der Waals surface area (Å²) in [6.07, 6.45) is 3.59. The molecule has 2 heterocycles. The highest BCUT2D eigenvalue weighted by molar-refractivity contribution is 5.55. The first-order valence-electron chi connectivity index (χ1n) is 7.51. The lowest BCUT2D eigenvalue weighted by atomic mass is 10.1. The van der Waals surface area contributed by atoms with Gasteiger partial charge in [-0.3, -0.25) is 4.90 Å². The molecule has 0 saturated carbocycles. The monoisotopic (exact) mass is 260 g/mol. The average molecular weight is 260 g/mol. The smallest absolute Gasteiger partial charge is 0.0781 e. The van der Waals surface area contributed by atoms with Crippen LogP contribution in [0.4, 0.5) is 5.69 Å². The van der Waals surface area contributed by atoms with Crippen molar-refractivity contribution in [2.24, 2.45) is 0 Å². The lowest BCUT2D eigenvalue weighted by Gasteiger charge is -2.26. The van der Waals surface area contributed by atoms with Crippen LogP contribution in [0.5, 0.6) is 0 Å². The molecule has 0 radical (unpaired) electrons. The molecule has 2 saturated heterocycles. The van der Waals surface area contributed by atoms with E-state index in [1.54, 1.807) is 0 Å². The molecule has 0 aliphatic carbocycles. The fourth-order valence-electron chi connectivity index (χ4n) is 3.49. The second-order valence-electron chi connectivity index (χ2n) is 5.87. The molecule has 0 bridgehead atoms. The summed E-state index contributed by atoms with van der Waals surface area (Å²) < 4.78 is 0. The highest BCUT2D eigenvalue weighted by Crippen LogP contribution is 2.30. The van der Waals surface area contributed by atoms with E-state index in [9.17, 15) is 5.11 Å². The van der Waals surface area contributed by atoms with Crippen molar-refractivity contribution in [1.29, 1.82) is 0 Å². The van der Waals surface area contributed by atoms with Crippen LogP contribution in [0.25, 0.3) is 0 Å². The fourth-order valence-corrected chi connectivity index (χ4v) is 3.49. The summed E-state index contributed by atoms with van der Waals surface area (Å²) in [6, 6.07) is 8.99. The Labute approximate surface area is 115 Å². The molecule has 2 aliphatic heterocycles. The molecule has 3 nitrogen and oxygen atoms in total. The summed E-state index contributed by atoms with van der Waals surface area (Å²) in [4.78, 5) is 5.09. The molecule has 2 fully saturated rings. The molecule has 1 unspecified atom stereocenters. The summed E-state index contributed by atoms with van der Waals surface area (Å²) >= 11 is 0. The lowest BCUT2D eigenvalue weighted by Crippen LogP contribution is -2.35. The standard InChI is InChI=1S/C16H24N2O/c1-13(19)15-6-2-3-7-16(15)18-11-8-14(12-18)17-9-4-5-10-17/h2-3,6-7,13-14,19H,4-5,8-12H2,1H3/t13-,14?/m0/s1. The van der Waals surface area contributed by atoms with Gasteiger partial charge in [0.15, 0.2) is 0 Å². The molecule has 1 aromatic carbocycles. The zero-order chi connectivity index (χ0) is 13.2. The van der Waals surface area contributed by atoms with E-state index in [0.29, 0.717) is 6.04 Å². The molecule has 0 amide bonds. The Morgan fingerprint density at radius 3 is 2.63 bits per heavy atom. The largest absolute Gasteiger partial charge is 0.389 e. The van der Waals surface area contributed by atoms with Gasteiger partial charge in [-0.05, 0) is 45.3 Å². The number of rotatable bonds is 3. The molecule has 1 aromatic rings. The maximum atomic E-state index is 9.91. The molecule has 2 aliphatic rings. The van der Waals surface area contributed by atoms with Crippen LogP contribution in [-0.2, 0) is 0 Å². The van der Waals surface area contributed by atoms with Crippen molar-refractivity contribution < 1.29 is 5.11 Å². The maximum Gasteiger partial charge on any atom is 0.0781 e. The summed E-state index contributed by atoms with van der Waals surface area (Å²) in [7, 11) is 0. The first-order valence-corrected chi connectivity index (χ1v) is 7.51. The van der Waals surface area contributed by atoms with Gasteiger partial charge < -0.3 is 10.0 Å². The van der Waals surface area contributed by atoms with Gasteiger partial charge in [0.25, 0.3) is 0 Å². The van der Waals surface area contributed by atoms with E-state index in [1.807, 2.05) is 19.1 Å². The van der Waals surface area contributed by atoms with Gasteiger partial charge >= 0.3 is 0 Å². The number of anilines is 1. The first kappa shape index (κ1) is 12.9. The number of benzene rings is 1. The van der Waals surface area contributed by atoms with Gasteiger partial charge in [-0.25, -0.2) is 0 Å². The fraction of sp³-hybridized carbons (Fsp3) is 0.625. The number of hydrogen-bond donors (Lipinski definition) is 1. The van der Waals surface area contributed by atoms with Crippen LogP contribution >= 0.6 is 0 Å². The normalized spacial score (nSPS) is 26.0. The van der Waals surface area contributed by atoms with Crippen LogP contribution in [0.3, 0.4) is 0 Å². The minimum Gasteiger partial charge on any atom is -0.389 e. The Morgan fingerprint density at radius 1 is 1.16 bits per heavy atom. The maximum absolute atomic E-state index is 9.91. The van der Waals surface area contributed by atoms with Gasteiger partial charge in [-0.1, -0.05) is 18.2 Å². The second-order valence-corrected chi connectivity index (χ2v) is 5.87. The molecule has 104 valence electrons. The minimum atomic E-state index is -0.387. The Balaban J connectivity index is 1.73.